The van der Waals surface area contributed by atoms with Gasteiger partial charge in [-0.2, -0.15) is 0 Å². The highest BCUT2D eigenvalue weighted by Crippen LogP contribution is 2.16. The Morgan fingerprint density at radius 3 is 2.33 bits per heavy atom. The van der Waals surface area contributed by atoms with E-state index in [0.29, 0.717) is 13.1 Å². The molecule has 3 N–H and O–H groups in total. The van der Waals surface area contributed by atoms with Gasteiger partial charge in [0.2, 0.25) is 0 Å². The number of hydrogen-bond donors (Lipinski definition) is 2. The van der Waals surface area contributed by atoms with Crippen molar-refractivity contribution in [1.82, 2.24) is 10.2 Å². The first-order valence-electron chi connectivity index (χ1n) is 6.87. The van der Waals surface area contributed by atoms with E-state index in [1.165, 1.54) is 12.1 Å². The van der Waals surface area contributed by atoms with E-state index in [4.69, 9.17) is 5.73 Å². The predicted octanol–water partition coefficient (Wildman–Crippen LogP) is -0.451. The second kappa shape index (κ2) is 7.03. The summed E-state index contributed by atoms with van der Waals surface area (Å²) < 4.78 is 12.9. The van der Waals surface area contributed by atoms with Crippen molar-refractivity contribution < 1.29 is 14.0 Å². The van der Waals surface area contributed by atoms with Gasteiger partial charge in [-0.15, -0.1) is 0 Å². The molecule has 6 nitrogen and oxygen atoms in total. The molecule has 0 spiro atoms. The number of benzene rings is 1. The molecule has 0 aliphatic carbocycles. The maximum atomic E-state index is 12.9. The smallest absolute Gasteiger partial charge is 0.309 e. The van der Waals surface area contributed by atoms with Crippen LogP contribution in [0, 0.1) is 5.82 Å². The van der Waals surface area contributed by atoms with Crippen molar-refractivity contribution in [1.29, 1.82) is 0 Å². The number of carbonyl (C=O) groups is 2. The fourth-order valence-corrected chi connectivity index (χ4v) is 2.30. The van der Waals surface area contributed by atoms with Crippen LogP contribution in [0.5, 0.6) is 0 Å². The highest BCUT2D eigenvalue weighted by atomic mass is 19.1. The van der Waals surface area contributed by atoms with E-state index in [1.807, 2.05) is 0 Å². The molecule has 1 fully saturated rings. The lowest BCUT2D eigenvalue weighted by Gasteiger charge is -2.36. The Morgan fingerprint density at radius 2 is 1.76 bits per heavy atom. The molecule has 1 saturated heterocycles. The van der Waals surface area contributed by atoms with Gasteiger partial charge in [-0.1, -0.05) is 0 Å². The molecule has 1 aromatic carbocycles. The number of primary amides is 1. The lowest BCUT2D eigenvalue weighted by atomic mass is 10.2. The summed E-state index contributed by atoms with van der Waals surface area (Å²) in [5.41, 5.74) is 5.86. The number of piperazine rings is 1. The quantitative estimate of drug-likeness (QED) is 0.737. The third kappa shape index (κ3) is 4.42. The number of carbonyl (C=O) groups excluding carboxylic acids is 2. The number of nitrogens with zero attached hydrogens (tertiary/aromatic N) is 2. The maximum absolute atomic E-state index is 12.9. The maximum Gasteiger partial charge on any atom is 0.309 e. The van der Waals surface area contributed by atoms with Crippen LogP contribution >= 0.6 is 0 Å². The van der Waals surface area contributed by atoms with Crippen LogP contribution in [0.15, 0.2) is 24.3 Å². The predicted molar refractivity (Wildman–Crippen MR) is 77.3 cm³/mol. The van der Waals surface area contributed by atoms with Gasteiger partial charge in [0.25, 0.3) is 0 Å². The van der Waals surface area contributed by atoms with Crippen LogP contribution < -0.4 is 16.0 Å². The second-order valence-electron chi connectivity index (χ2n) is 4.93. The van der Waals surface area contributed by atoms with Crippen molar-refractivity contribution >= 4 is 17.5 Å². The molecule has 2 rings (SSSR count). The van der Waals surface area contributed by atoms with Gasteiger partial charge in [0.05, 0.1) is 0 Å². The van der Waals surface area contributed by atoms with Gasteiger partial charge < -0.3 is 16.0 Å². The molecule has 0 saturated carbocycles. The van der Waals surface area contributed by atoms with Crippen molar-refractivity contribution in [3.8, 4) is 0 Å². The lowest BCUT2D eigenvalue weighted by Crippen LogP contribution is -2.49. The Morgan fingerprint density at radius 1 is 1.14 bits per heavy atom. The molecule has 0 radical (unpaired) electrons. The molecule has 21 heavy (non-hydrogen) atoms. The van der Waals surface area contributed by atoms with E-state index in [2.05, 4.69) is 15.1 Å². The Balaban J connectivity index is 1.72. The average Bonchev–Trinajstić information content (AvgIpc) is 2.48. The monoisotopic (exact) mass is 294 g/mol. The Kier molecular flexibility index (Phi) is 5.10. The number of nitrogens with two attached hydrogens (primary N) is 1. The minimum Gasteiger partial charge on any atom is -0.369 e. The number of halogens is 1. The Labute approximate surface area is 122 Å². The second-order valence-corrected chi connectivity index (χ2v) is 4.93. The number of rotatable bonds is 4. The van der Waals surface area contributed by atoms with Crippen LogP contribution in [0.4, 0.5) is 10.1 Å². The normalized spacial score (nSPS) is 15.8. The number of hydrogen-bond acceptors (Lipinski definition) is 4. The van der Waals surface area contributed by atoms with Crippen molar-refractivity contribution in [3.05, 3.63) is 30.1 Å². The first-order chi connectivity index (χ1) is 10.1. The number of anilines is 1. The van der Waals surface area contributed by atoms with Gasteiger partial charge in [-0.25, -0.2) is 4.39 Å². The molecule has 0 bridgehead atoms. The van der Waals surface area contributed by atoms with E-state index in [9.17, 15) is 14.0 Å². The summed E-state index contributed by atoms with van der Waals surface area (Å²) >= 11 is 0. The van der Waals surface area contributed by atoms with Gasteiger partial charge in [-0.3, -0.25) is 14.5 Å². The molecule has 7 heteroatoms. The Hall–Kier alpha value is -2.15. The molecule has 1 aliphatic rings. The summed E-state index contributed by atoms with van der Waals surface area (Å²) in [6.07, 6.45) is 0. The molecule has 0 aromatic heterocycles. The van der Waals surface area contributed by atoms with Crippen LogP contribution in [0.3, 0.4) is 0 Å². The van der Waals surface area contributed by atoms with Gasteiger partial charge in [0.1, 0.15) is 5.82 Å². The fraction of sp³-hybridized carbons (Fsp3) is 0.429. The molecule has 1 aliphatic heterocycles. The van der Waals surface area contributed by atoms with E-state index in [1.54, 1.807) is 12.1 Å². The van der Waals surface area contributed by atoms with Gasteiger partial charge in [-0.05, 0) is 24.3 Å². The number of nitrogens with one attached hydrogen (secondary N) is 1. The Bertz CT molecular complexity index is 498. The summed E-state index contributed by atoms with van der Waals surface area (Å²) in [5, 5.41) is 2.47. The van der Waals surface area contributed by atoms with Crippen LogP contribution in [-0.2, 0) is 9.59 Å². The number of amides is 2. The molecular formula is C14H19FN4O2. The molecule has 2 amide bonds. The first-order valence-corrected chi connectivity index (χ1v) is 6.87. The highest BCUT2D eigenvalue weighted by Gasteiger charge is 2.17. The van der Waals surface area contributed by atoms with Crippen molar-refractivity contribution in [2.24, 2.45) is 5.73 Å². The topological polar surface area (TPSA) is 78.7 Å². The van der Waals surface area contributed by atoms with Gasteiger partial charge in [0, 0.05) is 45.0 Å². The molecular weight excluding hydrogens is 275 g/mol. The van der Waals surface area contributed by atoms with Crippen molar-refractivity contribution in [2.45, 2.75) is 0 Å². The van der Waals surface area contributed by atoms with Crippen LogP contribution in [0.25, 0.3) is 0 Å². The van der Waals surface area contributed by atoms with Crippen LogP contribution in [0.2, 0.25) is 0 Å². The largest absolute Gasteiger partial charge is 0.369 e. The first kappa shape index (κ1) is 15.2. The third-order valence-corrected chi connectivity index (χ3v) is 3.50. The molecule has 0 atom stereocenters. The molecule has 1 heterocycles. The minimum atomic E-state index is -0.962. The van der Waals surface area contributed by atoms with E-state index in [0.717, 1.165) is 31.9 Å². The lowest BCUT2D eigenvalue weighted by molar-refractivity contribution is -0.137. The summed E-state index contributed by atoms with van der Waals surface area (Å²) in [5.74, 6) is -1.95. The zero-order valence-corrected chi connectivity index (χ0v) is 11.7. The molecule has 114 valence electrons. The molecule has 1 aromatic rings. The van der Waals surface area contributed by atoms with Gasteiger partial charge in [0.15, 0.2) is 0 Å². The van der Waals surface area contributed by atoms with E-state index >= 15 is 0 Å². The van der Waals surface area contributed by atoms with E-state index in [-0.39, 0.29) is 5.82 Å². The zero-order chi connectivity index (χ0) is 15.2. The van der Waals surface area contributed by atoms with Gasteiger partial charge >= 0.3 is 11.8 Å². The highest BCUT2D eigenvalue weighted by molar-refractivity contribution is 6.34. The zero-order valence-electron chi connectivity index (χ0n) is 11.7. The third-order valence-electron chi connectivity index (χ3n) is 3.50. The minimum absolute atomic E-state index is 0.234. The summed E-state index contributed by atoms with van der Waals surface area (Å²) in [6.45, 7) is 4.47. The fourth-order valence-electron chi connectivity index (χ4n) is 2.30. The SMILES string of the molecule is NC(=O)C(=O)NCCN1CCN(c2ccc(F)cc2)CC1. The van der Waals surface area contributed by atoms with Crippen molar-refractivity contribution in [2.75, 3.05) is 44.2 Å². The van der Waals surface area contributed by atoms with Crippen molar-refractivity contribution in [3.63, 3.8) is 0 Å². The van der Waals surface area contributed by atoms with Crippen LogP contribution in [-0.4, -0.2) is 56.0 Å². The standard InChI is InChI=1S/C14H19FN4O2/c15-11-1-3-12(4-2-11)19-9-7-18(8-10-19)6-5-17-14(21)13(16)20/h1-4H,5-10H2,(H2,16,20)(H,17,21). The van der Waals surface area contributed by atoms with E-state index < -0.39 is 11.8 Å². The average molecular weight is 294 g/mol. The summed E-state index contributed by atoms with van der Waals surface area (Å²) in [7, 11) is 0. The summed E-state index contributed by atoms with van der Waals surface area (Å²) in [4.78, 5) is 26.0. The summed E-state index contributed by atoms with van der Waals surface area (Å²) in [6, 6.07) is 6.47. The molecule has 0 unspecified atom stereocenters. The van der Waals surface area contributed by atoms with Crippen LogP contribution in [0.1, 0.15) is 0 Å².